The maximum absolute atomic E-state index is 11.9. The molecule has 0 bridgehead atoms. The van der Waals surface area contributed by atoms with Gasteiger partial charge in [0.25, 0.3) is 0 Å². The van der Waals surface area contributed by atoms with Crippen LogP contribution in [0.1, 0.15) is 43.2 Å². The van der Waals surface area contributed by atoms with Crippen LogP contribution in [-0.4, -0.2) is 27.8 Å². The number of alkyl carbamates (subject to hydrolysis) is 1. The largest absolute Gasteiger partial charge is 0.444 e. The zero-order valence-electron chi connectivity index (χ0n) is 20.9. The first-order valence-corrected chi connectivity index (χ1v) is 12.0. The number of hydrogen-bond acceptors (Lipinski definition) is 4. The summed E-state index contributed by atoms with van der Waals surface area (Å²) in [5, 5.41) is 2.72. The van der Waals surface area contributed by atoms with Crippen LogP contribution >= 0.6 is 0 Å². The number of imidazole rings is 1. The van der Waals surface area contributed by atoms with E-state index in [1.807, 2.05) is 98.3 Å². The van der Waals surface area contributed by atoms with Crippen LogP contribution in [0.4, 0.5) is 10.7 Å². The predicted octanol–water partition coefficient (Wildman–Crippen LogP) is 5.84. The van der Waals surface area contributed by atoms with Gasteiger partial charge in [-0.3, -0.25) is 4.57 Å². The van der Waals surface area contributed by atoms with Crippen molar-refractivity contribution >= 4 is 18.1 Å². The van der Waals surface area contributed by atoms with E-state index in [0.29, 0.717) is 18.2 Å². The van der Waals surface area contributed by atoms with Crippen LogP contribution in [-0.2, 0) is 10.3 Å². The summed E-state index contributed by atoms with van der Waals surface area (Å²) in [4.78, 5) is 16.6. The Kier molecular flexibility index (Phi) is 7.25. The predicted molar refractivity (Wildman–Crippen MR) is 145 cm³/mol. The van der Waals surface area contributed by atoms with Crippen LogP contribution in [0.5, 0.6) is 0 Å². The van der Waals surface area contributed by atoms with Gasteiger partial charge in [0.1, 0.15) is 11.1 Å². The minimum Gasteiger partial charge on any atom is -0.444 e. The van der Waals surface area contributed by atoms with Gasteiger partial charge in [0.2, 0.25) is 5.95 Å². The van der Waals surface area contributed by atoms with Crippen LogP contribution in [0.15, 0.2) is 103 Å². The highest BCUT2D eigenvalue weighted by molar-refractivity contribution is 5.68. The van der Waals surface area contributed by atoms with Gasteiger partial charge in [0, 0.05) is 12.7 Å². The van der Waals surface area contributed by atoms with Crippen molar-refractivity contribution in [2.75, 3.05) is 12.3 Å². The maximum atomic E-state index is 11.9. The number of rotatable bonds is 7. The van der Waals surface area contributed by atoms with Crippen LogP contribution in [0, 0.1) is 0 Å². The first-order valence-electron chi connectivity index (χ1n) is 12.0. The number of amides is 1. The molecule has 1 amide bonds. The zero-order valence-corrected chi connectivity index (χ0v) is 20.9. The smallest absolute Gasteiger partial charge is 0.407 e. The van der Waals surface area contributed by atoms with Gasteiger partial charge in [-0.15, -0.1) is 0 Å². The van der Waals surface area contributed by atoms with Gasteiger partial charge >= 0.3 is 6.09 Å². The van der Waals surface area contributed by atoms with E-state index in [2.05, 4.69) is 46.7 Å². The Bertz CT molecular complexity index is 1210. The molecular weight excluding hydrogens is 448 g/mol. The topological polar surface area (TPSA) is 82.2 Å². The fraction of sp³-hybridized carbons (Fsp3) is 0.200. The number of carbonyl (C=O) groups excluding carboxylic acids is 1. The van der Waals surface area contributed by atoms with Crippen molar-refractivity contribution in [3.05, 3.63) is 126 Å². The molecule has 6 heteroatoms. The number of nitrogen functional groups attached to an aromatic ring is 1. The van der Waals surface area contributed by atoms with Crippen molar-refractivity contribution < 1.29 is 9.53 Å². The van der Waals surface area contributed by atoms with Gasteiger partial charge < -0.3 is 15.8 Å². The summed E-state index contributed by atoms with van der Waals surface area (Å²) in [5.74, 6) is 0.381. The Hall–Kier alpha value is -4.32. The molecule has 0 aliphatic carbocycles. The number of aromatic nitrogens is 2. The van der Waals surface area contributed by atoms with Crippen molar-refractivity contribution in [2.45, 2.75) is 31.9 Å². The van der Waals surface area contributed by atoms with E-state index in [1.54, 1.807) is 0 Å². The molecule has 3 N–H and O–H groups in total. The number of nitrogens with zero attached hydrogens (tertiary/aromatic N) is 2. The molecule has 1 heterocycles. The molecule has 0 saturated carbocycles. The van der Waals surface area contributed by atoms with Gasteiger partial charge in [-0.2, -0.15) is 0 Å². The van der Waals surface area contributed by atoms with E-state index in [0.717, 1.165) is 16.7 Å². The molecule has 4 aromatic rings. The van der Waals surface area contributed by atoms with Gasteiger partial charge in [-0.1, -0.05) is 97.1 Å². The van der Waals surface area contributed by atoms with Crippen LogP contribution in [0.2, 0.25) is 0 Å². The molecular formula is C30H32N4O2. The molecule has 0 radical (unpaired) electrons. The monoisotopic (exact) mass is 480 g/mol. The highest BCUT2D eigenvalue weighted by Gasteiger charge is 2.39. The van der Waals surface area contributed by atoms with Crippen molar-refractivity contribution in [2.24, 2.45) is 0 Å². The van der Waals surface area contributed by atoms with Gasteiger partial charge in [0.05, 0.1) is 5.69 Å². The Balaban J connectivity index is 1.76. The normalized spacial score (nSPS) is 12.0. The SMILES string of the molecule is CC(C)(C)OC(=O)NC/C=C/c1cn(C(c2ccccc2)(c2ccccc2)c2ccccc2)c(N)n1. The van der Waals surface area contributed by atoms with E-state index in [9.17, 15) is 4.79 Å². The Labute approximate surface area is 212 Å². The standard InChI is InChI=1S/C30H32N4O2/c1-29(2,3)36-28(35)32-21-13-20-26-22-34(27(31)33-26)30(23-14-7-4-8-15-23,24-16-9-5-10-17-24)25-18-11-6-12-19-25/h4-20,22H,21H2,1-3H3,(H2,31,33)(H,32,35)/b20-13+. The Morgan fingerprint density at radius 2 is 1.36 bits per heavy atom. The molecule has 4 rings (SSSR count). The molecule has 0 spiro atoms. The van der Waals surface area contributed by atoms with Crippen molar-refractivity contribution in [3.8, 4) is 0 Å². The first kappa shape index (κ1) is 24.8. The second-order valence-electron chi connectivity index (χ2n) is 9.49. The van der Waals surface area contributed by atoms with Gasteiger partial charge in [0.15, 0.2) is 0 Å². The second kappa shape index (κ2) is 10.5. The van der Waals surface area contributed by atoms with Crippen LogP contribution < -0.4 is 11.1 Å². The summed E-state index contributed by atoms with van der Waals surface area (Å²) >= 11 is 0. The molecule has 36 heavy (non-hydrogen) atoms. The number of anilines is 1. The first-order chi connectivity index (χ1) is 17.3. The van der Waals surface area contributed by atoms with E-state index >= 15 is 0 Å². The third-order valence-electron chi connectivity index (χ3n) is 5.74. The molecule has 0 atom stereocenters. The average Bonchev–Trinajstić information content (AvgIpc) is 3.24. The number of ether oxygens (including phenoxy) is 1. The zero-order chi connectivity index (χ0) is 25.6. The van der Waals surface area contributed by atoms with E-state index in [-0.39, 0.29) is 0 Å². The molecule has 6 nitrogen and oxygen atoms in total. The number of nitrogens with one attached hydrogen (secondary N) is 1. The minimum atomic E-state index is -0.734. The van der Waals surface area contributed by atoms with Crippen molar-refractivity contribution in [3.63, 3.8) is 0 Å². The summed E-state index contributed by atoms with van der Waals surface area (Å²) in [5.41, 5.74) is 9.19. The van der Waals surface area contributed by atoms with Gasteiger partial charge in [-0.25, -0.2) is 9.78 Å². The summed E-state index contributed by atoms with van der Waals surface area (Å²) in [6.45, 7) is 5.80. The molecule has 3 aromatic carbocycles. The molecule has 1 aromatic heterocycles. The summed E-state index contributed by atoms with van der Waals surface area (Å²) in [7, 11) is 0. The molecule has 0 aliphatic rings. The third kappa shape index (κ3) is 5.33. The van der Waals surface area contributed by atoms with Crippen molar-refractivity contribution in [1.82, 2.24) is 14.9 Å². The average molecular weight is 481 g/mol. The number of nitrogens with two attached hydrogens (primary N) is 1. The lowest BCUT2D eigenvalue weighted by atomic mass is 9.76. The van der Waals surface area contributed by atoms with E-state index in [1.165, 1.54) is 0 Å². The molecule has 0 fully saturated rings. The highest BCUT2D eigenvalue weighted by Crippen LogP contribution is 2.42. The third-order valence-corrected chi connectivity index (χ3v) is 5.74. The van der Waals surface area contributed by atoms with Gasteiger partial charge in [-0.05, 0) is 43.5 Å². The molecule has 0 saturated heterocycles. The fourth-order valence-electron chi connectivity index (χ4n) is 4.35. The number of benzene rings is 3. The molecule has 184 valence electrons. The Morgan fingerprint density at radius 1 is 0.889 bits per heavy atom. The summed E-state index contributed by atoms with van der Waals surface area (Å²) in [6, 6.07) is 30.9. The quantitative estimate of drug-likeness (QED) is 0.325. The van der Waals surface area contributed by atoms with E-state index in [4.69, 9.17) is 10.5 Å². The molecule has 0 unspecified atom stereocenters. The number of carbonyl (C=O) groups is 1. The van der Waals surface area contributed by atoms with Crippen LogP contribution in [0.3, 0.4) is 0 Å². The maximum Gasteiger partial charge on any atom is 0.407 e. The minimum absolute atomic E-state index is 0.308. The Morgan fingerprint density at radius 3 is 1.81 bits per heavy atom. The molecule has 0 aliphatic heterocycles. The van der Waals surface area contributed by atoms with Crippen LogP contribution in [0.25, 0.3) is 6.08 Å². The lowest BCUT2D eigenvalue weighted by Gasteiger charge is -2.37. The highest BCUT2D eigenvalue weighted by atomic mass is 16.6. The number of hydrogen-bond donors (Lipinski definition) is 2. The van der Waals surface area contributed by atoms with E-state index < -0.39 is 17.2 Å². The lowest BCUT2D eigenvalue weighted by Crippen LogP contribution is -2.38. The van der Waals surface area contributed by atoms with Crippen molar-refractivity contribution in [1.29, 1.82) is 0 Å². The summed E-state index contributed by atoms with van der Waals surface area (Å²) in [6.07, 6.45) is 5.15. The summed E-state index contributed by atoms with van der Waals surface area (Å²) < 4.78 is 7.30. The lowest BCUT2D eigenvalue weighted by molar-refractivity contribution is 0.0534. The second-order valence-corrected chi connectivity index (χ2v) is 9.49. The fourth-order valence-corrected chi connectivity index (χ4v) is 4.35.